The van der Waals surface area contributed by atoms with Crippen LogP contribution in [0.3, 0.4) is 0 Å². The van der Waals surface area contributed by atoms with Gasteiger partial charge in [-0.3, -0.25) is 9.48 Å². The van der Waals surface area contributed by atoms with Crippen LogP contribution < -0.4 is 5.32 Å². The van der Waals surface area contributed by atoms with Crippen LogP contribution in [0.5, 0.6) is 0 Å². The number of fused-ring (bicyclic) bond motifs is 1. The van der Waals surface area contributed by atoms with E-state index in [4.69, 9.17) is 0 Å². The number of hydrogen-bond donors (Lipinski definition) is 1. The zero-order valence-corrected chi connectivity index (χ0v) is 14.8. The summed E-state index contributed by atoms with van der Waals surface area (Å²) in [5, 5.41) is 7.71. The van der Waals surface area contributed by atoms with Gasteiger partial charge in [-0.1, -0.05) is 6.08 Å². The summed E-state index contributed by atoms with van der Waals surface area (Å²) in [5.74, 6) is 1.18. The molecule has 1 atom stereocenters. The first-order valence-corrected chi connectivity index (χ1v) is 9.29. The third-order valence-corrected chi connectivity index (χ3v) is 5.07. The molecular formula is C19H24N6O. The Hall–Kier alpha value is -2.70. The van der Waals surface area contributed by atoms with Crippen molar-refractivity contribution in [3.8, 4) is 0 Å². The number of amides is 1. The molecular weight excluding hydrogens is 328 g/mol. The van der Waals surface area contributed by atoms with Crippen molar-refractivity contribution in [3.05, 3.63) is 48.1 Å². The van der Waals surface area contributed by atoms with Crippen molar-refractivity contribution < 1.29 is 4.79 Å². The highest BCUT2D eigenvalue weighted by atomic mass is 16.2. The largest absolute Gasteiger partial charge is 0.354 e. The van der Waals surface area contributed by atoms with Gasteiger partial charge in [-0.2, -0.15) is 5.10 Å². The highest BCUT2D eigenvalue weighted by Crippen LogP contribution is 2.24. The monoisotopic (exact) mass is 352 g/mol. The molecule has 1 unspecified atom stereocenters. The first-order chi connectivity index (χ1) is 12.8. The summed E-state index contributed by atoms with van der Waals surface area (Å²) < 4.78 is 2.04. The minimum atomic E-state index is 0.196. The molecule has 0 radical (unpaired) electrons. The molecule has 2 aromatic rings. The number of allylic oxidation sites excluding steroid dienone is 1. The SMILES string of the molecule is O=C(C1=CCCC1)N1Cc2ccnn2CC(CCNc2ncccn2)C1. The molecule has 2 aliphatic rings. The van der Waals surface area contributed by atoms with E-state index in [0.717, 1.165) is 56.6 Å². The molecule has 0 spiro atoms. The van der Waals surface area contributed by atoms with E-state index in [1.165, 1.54) is 0 Å². The van der Waals surface area contributed by atoms with Crippen LogP contribution in [0.4, 0.5) is 5.95 Å². The number of nitrogens with zero attached hydrogens (tertiary/aromatic N) is 5. The number of carbonyl (C=O) groups is 1. The van der Waals surface area contributed by atoms with Crippen LogP contribution in [0, 0.1) is 5.92 Å². The fourth-order valence-electron chi connectivity index (χ4n) is 3.72. The number of aromatic nitrogens is 4. The molecule has 136 valence electrons. The Labute approximate surface area is 153 Å². The summed E-state index contributed by atoms with van der Waals surface area (Å²) in [5.41, 5.74) is 2.09. The maximum absolute atomic E-state index is 12.9. The number of rotatable bonds is 5. The Bertz CT molecular complexity index is 784. The van der Waals surface area contributed by atoms with Crippen LogP contribution >= 0.6 is 0 Å². The highest BCUT2D eigenvalue weighted by Gasteiger charge is 2.27. The molecule has 3 heterocycles. The van der Waals surface area contributed by atoms with Gasteiger partial charge in [-0.05, 0) is 43.7 Å². The van der Waals surface area contributed by atoms with Crippen LogP contribution in [-0.2, 0) is 17.9 Å². The molecule has 0 saturated heterocycles. The van der Waals surface area contributed by atoms with E-state index in [1.807, 2.05) is 21.8 Å². The Balaban J connectivity index is 1.43. The van der Waals surface area contributed by atoms with Gasteiger partial charge in [0.15, 0.2) is 0 Å². The smallest absolute Gasteiger partial charge is 0.249 e. The van der Waals surface area contributed by atoms with Crippen molar-refractivity contribution in [2.24, 2.45) is 5.92 Å². The van der Waals surface area contributed by atoms with E-state index in [2.05, 4.69) is 26.5 Å². The lowest BCUT2D eigenvalue weighted by Crippen LogP contribution is -2.35. The second-order valence-electron chi connectivity index (χ2n) is 6.97. The zero-order valence-electron chi connectivity index (χ0n) is 14.8. The van der Waals surface area contributed by atoms with Crippen LogP contribution in [0.1, 0.15) is 31.4 Å². The molecule has 1 N–H and O–H groups in total. The Kier molecular flexibility index (Phi) is 4.95. The number of anilines is 1. The van der Waals surface area contributed by atoms with E-state index in [1.54, 1.807) is 18.5 Å². The first kappa shape index (κ1) is 16.8. The van der Waals surface area contributed by atoms with E-state index >= 15 is 0 Å². The minimum Gasteiger partial charge on any atom is -0.354 e. The number of nitrogens with one attached hydrogen (secondary N) is 1. The summed E-state index contributed by atoms with van der Waals surface area (Å²) in [4.78, 5) is 23.3. The molecule has 7 nitrogen and oxygen atoms in total. The van der Waals surface area contributed by atoms with Crippen molar-refractivity contribution in [3.63, 3.8) is 0 Å². The van der Waals surface area contributed by atoms with Crippen LogP contribution in [0.25, 0.3) is 0 Å². The molecule has 26 heavy (non-hydrogen) atoms. The third-order valence-electron chi connectivity index (χ3n) is 5.07. The first-order valence-electron chi connectivity index (χ1n) is 9.29. The van der Waals surface area contributed by atoms with Gasteiger partial charge in [-0.25, -0.2) is 9.97 Å². The second-order valence-corrected chi connectivity index (χ2v) is 6.97. The van der Waals surface area contributed by atoms with Crippen molar-refractivity contribution in [2.45, 2.75) is 38.8 Å². The fourth-order valence-corrected chi connectivity index (χ4v) is 3.72. The van der Waals surface area contributed by atoms with Gasteiger partial charge in [0.2, 0.25) is 11.9 Å². The van der Waals surface area contributed by atoms with Crippen LogP contribution in [0.15, 0.2) is 42.4 Å². The lowest BCUT2D eigenvalue weighted by Gasteiger charge is -2.24. The molecule has 1 amide bonds. The predicted molar refractivity (Wildman–Crippen MR) is 98.2 cm³/mol. The average molecular weight is 352 g/mol. The molecule has 4 rings (SSSR count). The maximum atomic E-state index is 12.9. The number of hydrogen-bond acceptors (Lipinski definition) is 5. The zero-order chi connectivity index (χ0) is 17.8. The highest BCUT2D eigenvalue weighted by molar-refractivity contribution is 5.93. The molecule has 1 aliphatic heterocycles. The second kappa shape index (κ2) is 7.68. The quantitative estimate of drug-likeness (QED) is 0.893. The van der Waals surface area contributed by atoms with Crippen molar-refractivity contribution in [1.29, 1.82) is 0 Å². The van der Waals surface area contributed by atoms with Crippen molar-refractivity contribution >= 4 is 11.9 Å². The lowest BCUT2D eigenvalue weighted by molar-refractivity contribution is -0.128. The molecule has 2 aromatic heterocycles. The normalized spacial score (nSPS) is 19.6. The maximum Gasteiger partial charge on any atom is 0.249 e. The molecule has 1 aliphatic carbocycles. The average Bonchev–Trinajstić information content (AvgIpc) is 3.31. The van der Waals surface area contributed by atoms with Crippen molar-refractivity contribution in [1.82, 2.24) is 24.6 Å². The van der Waals surface area contributed by atoms with E-state index in [0.29, 0.717) is 18.4 Å². The summed E-state index contributed by atoms with van der Waals surface area (Å²) in [6.07, 6.45) is 11.3. The van der Waals surface area contributed by atoms with Gasteiger partial charge in [0.05, 0.1) is 12.2 Å². The Morgan fingerprint density at radius 3 is 2.92 bits per heavy atom. The van der Waals surface area contributed by atoms with E-state index in [9.17, 15) is 4.79 Å². The summed E-state index contributed by atoms with van der Waals surface area (Å²) in [6, 6.07) is 3.82. The van der Waals surface area contributed by atoms with Gasteiger partial charge in [-0.15, -0.1) is 0 Å². The number of carbonyl (C=O) groups excluding carboxylic acids is 1. The summed E-state index contributed by atoms with van der Waals surface area (Å²) in [7, 11) is 0. The Morgan fingerprint density at radius 1 is 1.23 bits per heavy atom. The predicted octanol–water partition coefficient (Wildman–Crippen LogP) is 2.24. The molecule has 0 aromatic carbocycles. The van der Waals surface area contributed by atoms with Crippen LogP contribution in [0.2, 0.25) is 0 Å². The van der Waals surface area contributed by atoms with Gasteiger partial charge in [0.25, 0.3) is 0 Å². The fraction of sp³-hybridized carbons (Fsp3) is 0.474. The van der Waals surface area contributed by atoms with E-state index < -0.39 is 0 Å². The third kappa shape index (κ3) is 3.76. The van der Waals surface area contributed by atoms with E-state index in [-0.39, 0.29) is 5.91 Å². The van der Waals surface area contributed by atoms with Crippen molar-refractivity contribution in [2.75, 3.05) is 18.4 Å². The Morgan fingerprint density at radius 2 is 2.12 bits per heavy atom. The van der Waals surface area contributed by atoms with Gasteiger partial charge >= 0.3 is 0 Å². The summed E-state index contributed by atoms with van der Waals surface area (Å²) >= 11 is 0. The lowest BCUT2D eigenvalue weighted by atomic mass is 10.0. The standard InChI is InChI=1S/C19H24N6O/c26-18(16-4-1-2-5-16)24-12-15(13-25-17(14-24)7-11-23-25)6-10-22-19-20-8-3-9-21-19/h3-4,7-9,11,15H,1-2,5-6,10,12-14H2,(H,20,21,22). The minimum absolute atomic E-state index is 0.196. The van der Waals surface area contributed by atoms with Crippen LogP contribution in [-0.4, -0.2) is 43.6 Å². The summed E-state index contributed by atoms with van der Waals surface area (Å²) in [6.45, 7) is 3.01. The topological polar surface area (TPSA) is 75.9 Å². The molecule has 0 saturated carbocycles. The molecule has 7 heteroatoms. The molecule has 0 bridgehead atoms. The van der Waals surface area contributed by atoms with Gasteiger partial charge in [0, 0.05) is 43.8 Å². The van der Waals surface area contributed by atoms with Gasteiger partial charge in [0.1, 0.15) is 0 Å². The molecule has 0 fully saturated rings. The van der Waals surface area contributed by atoms with Gasteiger partial charge < -0.3 is 10.2 Å².